The summed E-state index contributed by atoms with van der Waals surface area (Å²) in [5.41, 5.74) is 0.426. The summed E-state index contributed by atoms with van der Waals surface area (Å²) in [5, 5.41) is 49.8. The molecule has 1 heterocycles. The van der Waals surface area contributed by atoms with Crippen molar-refractivity contribution in [1.82, 2.24) is 0 Å². The zero-order chi connectivity index (χ0) is 19.8. The van der Waals surface area contributed by atoms with Gasteiger partial charge in [-0.2, -0.15) is 0 Å². The van der Waals surface area contributed by atoms with Gasteiger partial charge in [0.1, 0.15) is 18.3 Å². The maximum atomic E-state index is 12.6. The van der Waals surface area contributed by atoms with E-state index in [2.05, 4.69) is 0 Å². The second kappa shape index (κ2) is 7.18. The molecule has 142 valence electrons. The van der Waals surface area contributed by atoms with E-state index in [9.17, 15) is 30.0 Å². The van der Waals surface area contributed by atoms with Gasteiger partial charge in [-0.15, -0.1) is 0 Å². The summed E-state index contributed by atoms with van der Waals surface area (Å²) < 4.78 is 5.04. The molecule has 2 aromatic carbocycles. The van der Waals surface area contributed by atoms with Crippen LogP contribution in [0, 0.1) is 0 Å². The van der Waals surface area contributed by atoms with Crippen LogP contribution in [0.2, 0.25) is 0 Å². The summed E-state index contributed by atoms with van der Waals surface area (Å²) in [6.07, 6.45) is -7.92. The molecule has 8 heteroatoms. The van der Waals surface area contributed by atoms with E-state index in [1.54, 1.807) is 30.3 Å². The van der Waals surface area contributed by atoms with Crippen molar-refractivity contribution >= 4 is 11.8 Å². The highest BCUT2D eigenvalue weighted by molar-refractivity contribution is 6.09. The Labute approximate surface area is 153 Å². The molecule has 5 N–H and O–H groups in total. The van der Waals surface area contributed by atoms with Crippen molar-refractivity contribution in [2.45, 2.75) is 30.2 Å². The van der Waals surface area contributed by atoms with E-state index in [0.717, 1.165) is 0 Å². The summed E-state index contributed by atoms with van der Waals surface area (Å²) in [6, 6.07) is 13.8. The molecule has 0 spiro atoms. The summed E-state index contributed by atoms with van der Waals surface area (Å²) in [6.45, 7) is 0. The molecular formula is C19H18O8. The Morgan fingerprint density at radius 3 is 2.15 bits per heavy atom. The van der Waals surface area contributed by atoms with Crippen molar-refractivity contribution < 1.29 is 39.9 Å². The summed E-state index contributed by atoms with van der Waals surface area (Å²) in [4.78, 5) is 23.8. The highest BCUT2D eigenvalue weighted by Crippen LogP contribution is 2.36. The Hall–Kier alpha value is -2.62. The van der Waals surface area contributed by atoms with Crippen LogP contribution in [0.3, 0.4) is 0 Å². The SMILES string of the molecule is O=C(c1ccccc1)c1cccc([C@@]2(O)O[C@H](C(=O)O)[C@@H](O)[C@H](O)[C@H]2O)c1. The molecule has 0 unspecified atom stereocenters. The van der Waals surface area contributed by atoms with E-state index < -0.39 is 36.2 Å². The minimum atomic E-state index is -2.63. The van der Waals surface area contributed by atoms with Crippen molar-refractivity contribution in [2.75, 3.05) is 0 Å². The van der Waals surface area contributed by atoms with Crippen LogP contribution in [0.4, 0.5) is 0 Å². The van der Waals surface area contributed by atoms with Crippen molar-refractivity contribution in [3.8, 4) is 0 Å². The molecule has 0 aliphatic carbocycles. The number of carbonyl (C=O) groups is 2. The smallest absolute Gasteiger partial charge is 0.335 e. The minimum Gasteiger partial charge on any atom is -0.479 e. The topological polar surface area (TPSA) is 145 Å². The maximum Gasteiger partial charge on any atom is 0.335 e. The third-order valence-corrected chi connectivity index (χ3v) is 4.51. The highest BCUT2D eigenvalue weighted by Gasteiger charge is 2.56. The Bertz CT molecular complexity index is 852. The first-order valence-corrected chi connectivity index (χ1v) is 8.13. The van der Waals surface area contributed by atoms with E-state index in [4.69, 9.17) is 9.84 Å². The van der Waals surface area contributed by atoms with Crippen LogP contribution >= 0.6 is 0 Å². The lowest BCUT2D eigenvalue weighted by Gasteiger charge is -2.44. The van der Waals surface area contributed by atoms with Gasteiger partial charge in [0.15, 0.2) is 11.9 Å². The average molecular weight is 374 g/mol. The third kappa shape index (κ3) is 3.36. The summed E-state index contributed by atoms with van der Waals surface area (Å²) >= 11 is 0. The lowest BCUT2D eigenvalue weighted by atomic mass is 9.87. The number of rotatable bonds is 4. The van der Waals surface area contributed by atoms with Gasteiger partial charge in [0.2, 0.25) is 5.79 Å². The van der Waals surface area contributed by atoms with Gasteiger partial charge in [-0.3, -0.25) is 4.79 Å². The molecule has 1 aliphatic rings. The molecule has 0 saturated carbocycles. The molecule has 0 aromatic heterocycles. The van der Waals surface area contributed by atoms with Crippen molar-refractivity contribution in [1.29, 1.82) is 0 Å². The molecule has 8 nitrogen and oxygen atoms in total. The fourth-order valence-electron chi connectivity index (χ4n) is 3.01. The highest BCUT2D eigenvalue weighted by atomic mass is 16.7. The fourth-order valence-corrected chi connectivity index (χ4v) is 3.01. The van der Waals surface area contributed by atoms with Crippen molar-refractivity contribution in [3.63, 3.8) is 0 Å². The summed E-state index contributed by atoms with van der Waals surface area (Å²) in [7, 11) is 0. The van der Waals surface area contributed by atoms with Crippen LogP contribution in [0.15, 0.2) is 54.6 Å². The number of hydrogen-bond acceptors (Lipinski definition) is 7. The van der Waals surface area contributed by atoms with Gasteiger partial charge < -0.3 is 30.3 Å². The molecule has 0 bridgehead atoms. The fraction of sp³-hybridized carbons (Fsp3) is 0.263. The van der Waals surface area contributed by atoms with Gasteiger partial charge in [0.25, 0.3) is 0 Å². The average Bonchev–Trinajstić information content (AvgIpc) is 2.69. The van der Waals surface area contributed by atoms with Gasteiger partial charge in [-0.25, -0.2) is 4.79 Å². The largest absolute Gasteiger partial charge is 0.479 e. The van der Waals surface area contributed by atoms with E-state index >= 15 is 0 Å². The number of carboxylic acid groups (broad SMARTS) is 1. The Kier molecular flexibility index (Phi) is 5.09. The Morgan fingerprint density at radius 2 is 1.52 bits per heavy atom. The molecule has 0 amide bonds. The molecule has 3 rings (SSSR count). The number of ether oxygens (including phenoxy) is 1. The quantitative estimate of drug-likeness (QED) is 0.456. The van der Waals surface area contributed by atoms with E-state index in [1.807, 2.05) is 0 Å². The minimum absolute atomic E-state index is 0.131. The first-order valence-electron chi connectivity index (χ1n) is 8.13. The van der Waals surface area contributed by atoms with Gasteiger partial charge >= 0.3 is 5.97 Å². The number of aliphatic hydroxyl groups is 4. The molecule has 27 heavy (non-hydrogen) atoms. The molecule has 0 radical (unpaired) electrons. The number of ketones is 1. The molecule has 5 atom stereocenters. The van der Waals surface area contributed by atoms with E-state index in [0.29, 0.717) is 5.56 Å². The van der Waals surface area contributed by atoms with Crippen LogP contribution in [0.5, 0.6) is 0 Å². The van der Waals surface area contributed by atoms with Crippen LogP contribution in [0.25, 0.3) is 0 Å². The van der Waals surface area contributed by atoms with Gasteiger partial charge in [-0.1, -0.05) is 48.5 Å². The lowest BCUT2D eigenvalue weighted by Crippen LogP contribution is -2.64. The third-order valence-electron chi connectivity index (χ3n) is 4.51. The molecule has 1 aliphatic heterocycles. The van der Waals surface area contributed by atoms with E-state index in [-0.39, 0.29) is 16.9 Å². The second-order valence-corrected chi connectivity index (χ2v) is 6.28. The number of carbonyl (C=O) groups excluding carboxylic acids is 1. The van der Waals surface area contributed by atoms with Crippen molar-refractivity contribution in [3.05, 3.63) is 71.3 Å². The zero-order valence-electron chi connectivity index (χ0n) is 14.0. The molecular weight excluding hydrogens is 356 g/mol. The van der Waals surface area contributed by atoms with E-state index in [1.165, 1.54) is 24.3 Å². The Morgan fingerprint density at radius 1 is 0.889 bits per heavy atom. The molecule has 1 fully saturated rings. The van der Waals surface area contributed by atoms with Gasteiger partial charge in [0.05, 0.1) is 0 Å². The number of hydrogen-bond donors (Lipinski definition) is 5. The first kappa shape index (κ1) is 19.2. The lowest BCUT2D eigenvalue weighted by molar-refractivity contribution is -0.349. The Balaban J connectivity index is 2.00. The van der Waals surface area contributed by atoms with Gasteiger partial charge in [0, 0.05) is 16.7 Å². The second-order valence-electron chi connectivity index (χ2n) is 6.28. The van der Waals surface area contributed by atoms with Crippen LogP contribution in [0.1, 0.15) is 21.5 Å². The summed E-state index contributed by atoms with van der Waals surface area (Å²) in [5.74, 6) is -4.61. The standard InChI is InChI=1S/C19H18O8/c20-13(10-5-2-1-3-6-10)11-7-4-8-12(9-11)19(26)17(23)15(22)14(21)16(27-19)18(24)25/h1-9,14-17,21-23,26H,(H,24,25)/t14-,15-,16-,17+,19+/m0/s1. The van der Waals surface area contributed by atoms with Crippen LogP contribution < -0.4 is 0 Å². The van der Waals surface area contributed by atoms with Crippen molar-refractivity contribution in [2.24, 2.45) is 0 Å². The monoisotopic (exact) mass is 374 g/mol. The molecule has 1 saturated heterocycles. The number of carboxylic acids is 1. The number of benzene rings is 2. The van der Waals surface area contributed by atoms with Crippen LogP contribution in [-0.4, -0.2) is 61.7 Å². The normalized spacial score (nSPS) is 30.7. The van der Waals surface area contributed by atoms with Crippen LogP contribution in [-0.2, 0) is 15.3 Å². The maximum absolute atomic E-state index is 12.6. The predicted octanol–water partition coefficient (Wildman–Crippen LogP) is -0.371. The number of aliphatic hydroxyl groups excluding tert-OH is 3. The first-order chi connectivity index (χ1) is 12.8. The number of aliphatic carboxylic acids is 1. The predicted molar refractivity (Wildman–Crippen MR) is 90.7 cm³/mol. The molecule has 2 aromatic rings. The van der Waals surface area contributed by atoms with Gasteiger partial charge in [-0.05, 0) is 6.07 Å². The zero-order valence-corrected chi connectivity index (χ0v) is 14.0.